The Hall–Kier alpha value is -3.15. The summed E-state index contributed by atoms with van der Waals surface area (Å²) in [6, 6.07) is 13.4. The van der Waals surface area contributed by atoms with Crippen LogP contribution < -0.4 is 15.7 Å². The number of benzene rings is 2. The molecule has 1 aromatic heterocycles. The normalized spacial score (nSPS) is 11.1. The molecule has 6 heteroatoms. The summed E-state index contributed by atoms with van der Waals surface area (Å²) in [5.41, 5.74) is 4.03. The first-order chi connectivity index (χ1) is 11.7. The van der Waals surface area contributed by atoms with Gasteiger partial charge in [0.1, 0.15) is 5.75 Å². The molecule has 0 aliphatic rings. The lowest BCUT2D eigenvalue weighted by Crippen LogP contribution is -2.10. The summed E-state index contributed by atoms with van der Waals surface area (Å²) in [7, 11) is 0. The van der Waals surface area contributed by atoms with Crippen molar-refractivity contribution in [3.05, 3.63) is 64.1 Å². The summed E-state index contributed by atoms with van der Waals surface area (Å²) in [6.45, 7) is 4.26. The third kappa shape index (κ3) is 3.43. The highest BCUT2D eigenvalue weighted by Crippen LogP contribution is 2.26. The molecular formula is C18H18N4O2. The zero-order valence-electron chi connectivity index (χ0n) is 13.5. The van der Waals surface area contributed by atoms with Gasteiger partial charge in [-0.05, 0) is 30.7 Å². The number of nitrogens with one attached hydrogen (secondary N) is 2. The van der Waals surface area contributed by atoms with Crippen molar-refractivity contribution in [3.63, 3.8) is 0 Å². The van der Waals surface area contributed by atoms with E-state index in [9.17, 15) is 4.79 Å². The molecule has 24 heavy (non-hydrogen) atoms. The topological polar surface area (TPSA) is 79.4 Å². The van der Waals surface area contributed by atoms with Gasteiger partial charge in [-0.3, -0.25) is 9.78 Å². The lowest BCUT2D eigenvalue weighted by atomic mass is 10.0. The molecule has 122 valence electrons. The Balaban J connectivity index is 1.95. The minimum atomic E-state index is -0.222. The van der Waals surface area contributed by atoms with Crippen molar-refractivity contribution in [2.45, 2.75) is 13.8 Å². The Morgan fingerprint density at radius 2 is 2.12 bits per heavy atom. The highest BCUT2D eigenvalue weighted by atomic mass is 16.5. The van der Waals surface area contributed by atoms with E-state index in [1.54, 1.807) is 13.1 Å². The van der Waals surface area contributed by atoms with Crippen LogP contribution in [-0.2, 0) is 0 Å². The number of hydrazone groups is 1. The largest absolute Gasteiger partial charge is 0.493 e. The first-order valence-electron chi connectivity index (χ1n) is 7.69. The molecule has 0 spiro atoms. The molecule has 3 rings (SSSR count). The lowest BCUT2D eigenvalue weighted by molar-refractivity contribution is 0.340. The first kappa shape index (κ1) is 15.7. The first-order valence-corrected chi connectivity index (χ1v) is 7.69. The molecule has 0 aliphatic heterocycles. The Morgan fingerprint density at radius 3 is 2.92 bits per heavy atom. The second-order valence-corrected chi connectivity index (χ2v) is 5.24. The third-order valence-corrected chi connectivity index (χ3v) is 3.46. The third-order valence-electron chi connectivity index (χ3n) is 3.46. The molecule has 6 nitrogen and oxygen atoms in total. The van der Waals surface area contributed by atoms with E-state index in [2.05, 4.69) is 20.5 Å². The minimum absolute atomic E-state index is 0.222. The number of aromatic nitrogens is 2. The zero-order valence-corrected chi connectivity index (χ0v) is 13.5. The molecule has 0 unspecified atom stereocenters. The smallest absolute Gasteiger partial charge is 0.252 e. The quantitative estimate of drug-likeness (QED) is 0.559. The molecule has 0 fully saturated rings. The molecule has 1 heterocycles. The van der Waals surface area contributed by atoms with Gasteiger partial charge >= 0.3 is 0 Å². The van der Waals surface area contributed by atoms with Crippen LogP contribution in [0, 0.1) is 6.92 Å². The van der Waals surface area contributed by atoms with Gasteiger partial charge < -0.3 is 4.74 Å². The molecule has 0 amide bonds. The van der Waals surface area contributed by atoms with Gasteiger partial charge in [-0.15, -0.1) is 0 Å². The van der Waals surface area contributed by atoms with Crippen LogP contribution in [0.1, 0.15) is 18.2 Å². The number of anilines is 1. The fraction of sp³-hybridized carbons (Fsp3) is 0.167. The summed E-state index contributed by atoms with van der Waals surface area (Å²) in [5, 5.41) is 6.34. The number of aryl methyl sites for hydroxylation is 1. The molecule has 3 aromatic rings. The number of fused-ring (bicyclic) bond motifs is 1. The average Bonchev–Trinajstić information content (AvgIpc) is 2.56. The van der Waals surface area contributed by atoms with Crippen molar-refractivity contribution in [2.24, 2.45) is 5.10 Å². The summed E-state index contributed by atoms with van der Waals surface area (Å²) < 4.78 is 5.69. The fourth-order valence-corrected chi connectivity index (χ4v) is 2.48. The van der Waals surface area contributed by atoms with Crippen molar-refractivity contribution in [2.75, 3.05) is 12.0 Å². The van der Waals surface area contributed by atoms with Gasteiger partial charge in [-0.2, -0.15) is 5.10 Å². The van der Waals surface area contributed by atoms with Crippen molar-refractivity contribution in [3.8, 4) is 5.75 Å². The molecule has 2 N–H and O–H groups in total. The maximum absolute atomic E-state index is 11.5. The van der Waals surface area contributed by atoms with Gasteiger partial charge in [0.15, 0.2) is 0 Å². The van der Waals surface area contributed by atoms with Crippen LogP contribution in [0.3, 0.4) is 0 Å². The lowest BCUT2D eigenvalue weighted by Gasteiger charge is -2.10. The van der Waals surface area contributed by atoms with E-state index >= 15 is 0 Å². The molecule has 0 radical (unpaired) electrons. The van der Waals surface area contributed by atoms with Gasteiger partial charge in [0.2, 0.25) is 5.95 Å². The van der Waals surface area contributed by atoms with E-state index in [4.69, 9.17) is 4.74 Å². The molecule has 2 aromatic carbocycles. The van der Waals surface area contributed by atoms with Gasteiger partial charge in [-0.25, -0.2) is 10.4 Å². The van der Waals surface area contributed by atoms with Gasteiger partial charge in [-0.1, -0.05) is 30.3 Å². The van der Waals surface area contributed by atoms with Crippen LogP contribution in [-0.4, -0.2) is 22.8 Å². The number of ether oxygens (including phenoxy) is 1. The molecule has 0 aliphatic carbocycles. The van der Waals surface area contributed by atoms with Crippen LogP contribution >= 0.6 is 0 Å². The Kier molecular flexibility index (Phi) is 4.56. The number of rotatable bonds is 5. The number of aromatic amines is 1. The van der Waals surface area contributed by atoms with Crippen LogP contribution in [0.5, 0.6) is 5.75 Å². The summed E-state index contributed by atoms with van der Waals surface area (Å²) in [5.74, 6) is 1.06. The van der Waals surface area contributed by atoms with E-state index in [-0.39, 0.29) is 5.56 Å². The Morgan fingerprint density at radius 1 is 1.29 bits per heavy atom. The Labute approximate surface area is 139 Å². The second kappa shape index (κ2) is 6.95. The Bertz CT molecular complexity index is 947. The summed E-state index contributed by atoms with van der Waals surface area (Å²) >= 11 is 0. The van der Waals surface area contributed by atoms with E-state index in [0.717, 1.165) is 22.1 Å². The predicted molar refractivity (Wildman–Crippen MR) is 95.9 cm³/mol. The summed E-state index contributed by atoms with van der Waals surface area (Å²) in [6.07, 6.45) is 1.68. The molecule has 0 saturated carbocycles. The van der Waals surface area contributed by atoms with E-state index in [1.165, 1.54) is 6.07 Å². The summed E-state index contributed by atoms with van der Waals surface area (Å²) in [4.78, 5) is 18.2. The predicted octanol–water partition coefficient (Wildman–Crippen LogP) is 3.08. The maximum Gasteiger partial charge on any atom is 0.252 e. The van der Waals surface area contributed by atoms with E-state index in [1.807, 2.05) is 43.3 Å². The van der Waals surface area contributed by atoms with Crippen LogP contribution in [0.2, 0.25) is 0 Å². The van der Waals surface area contributed by atoms with Crippen LogP contribution in [0.25, 0.3) is 10.8 Å². The maximum atomic E-state index is 11.5. The number of hydrogen-bond acceptors (Lipinski definition) is 5. The van der Waals surface area contributed by atoms with Crippen LogP contribution in [0.15, 0.2) is 52.4 Å². The molecule has 0 saturated heterocycles. The second-order valence-electron chi connectivity index (χ2n) is 5.24. The highest BCUT2D eigenvalue weighted by molar-refractivity contribution is 6.02. The van der Waals surface area contributed by atoms with Gasteiger partial charge in [0, 0.05) is 17.3 Å². The molecule has 0 atom stereocenters. The monoisotopic (exact) mass is 322 g/mol. The average molecular weight is 322 g/mol. The van der Waals surface area contributed by atoms with Gasteiger partial charge in [0.25, 0.3) is 5.56 Å². The standard InChI is InChI=1S/C18H18N4O2/c1-3-24-16-9-8-13-6-4-5-7-14(13)15(16)11-19-22-18-20-12(2)10-17(23)21-18/h4-11H,3H2,1-2H3,(H2,20,21,22,23)/b19-11+. The van der Waals surface area contributed by atoms with Crippen molar-refractivity contribution in [1.29, 1.82) is 0 Å². The van der Waals surface area contributed by atoms with Gasteiger partial charge in [0.05, 0.1) is 12.8 Å². The van der Waals surface area contributed by atoms with E-state index < -0.39 is 0 Å². The highest BCUT2D eigenvalue weighted by Gasteiger charge is 2.06. The SMILES string of the molecule is CCOc1ccc2ccccc2c1/C=N/Nc1nc(C)cc(=O)[nH]1. The number of hydrogen-bond donors (Lipinski definition) is 2. The fourth-order valence-electron chi connectivity index (χ4n) is 2.48. The number of H-pyrrole nitrogens is 1. The molecule has 0 bridgehead atoms. The van der Waals surface area contributed by atoms with E-state index in [0.29, 0.717) is 18.2 Å². The number of nitrogens with zero attached hydrogens (tertiary/aromatic N) is 2. The molecular weight excluding hydrogens is 304 g/mol. The zero-order chi connectivity index (χ0) is 16.9. The minimum Gasteiger partial charge on any atom is -0.493 e. The van der Waals surface area contributed by atoms with Crippen LogP contribution in [0.4, 0.5) is 5.95 Å². The van der Waals surface area contributed by atoms with Crippen molar-refractivity contribution in [1.82, 2.24) is 9.97 Å². The van der Waals surface area contributed by atoms with Crippen molar-refractivity contribution < 1.29 is 4.74 Å². The van der Waals surface area contributed by atoms with Crippen molar-refractivity contribution >= 4 is 22.9 Å².